The van der Waals surface area contributed by atoms with E-state index < -0.39 is 0 Å². The summed E-state index contributed by atoms with van der Waals surface area (Å²) in [5, 5.41) is 3.90. The number of piperidine rings is 1. The Kier molecular flexibility index (Phi) is 6.16. The maximum Gasteiger partial charge on any atom is 0.280 e. The molecule has 2 atom stereocenters. The number of hydrogen-bond donors (Lipinski definition) is 2. The first kappa shape index (κ1) is 20.3. The molecule has 1 fully saturated rings. The van der Waals surface area contributed by atoms with Crippen molar-refractivity contribution in [3.05, 3.63) is 51.4 Å². The van der Waals surface area contributed by atoms with Crippen LogP contribution in [-0.2, 0) is 17.6 Å². The third kappa shape index (κ3) is 4.46. The van der Waals surface area contributed by atoms with Gasteiger partial charge < -0.3 is 10.2 Å². The molecule has 1 unspecified atom stereocenters. The molecule has 1 aromatic carbocycles. The second-order valence-electron chi connectivity index (χ2n) is 8.64. The van der Waals surface area contributed by atoms with Gasteiger partial charge in [0.25, 0.3) is 5.91 Å². The van der Waals surface area contributed by atoms with Crippen molar-refractivity contribution in [1.82, 2.24) is 0 Å². The number of thiophene rings is 1. The lowest BCUT2D eigenvalue weighted by Gasteiger charge is -2.29. The van der Waals surface area contributed by atoms with Crippen LogP contribution in [0.2, 0.25) is 0 Å². The summed E-state index contributed by atoms with van der Waals surface area (Å²) < 4.78 is 0. The number of fused-ring (bicyclic) bond motifs is 1. The minimum absolute atomic E-state index is 0.0327. The molecule has 0 saturated carbocycles. The van der Waals surface area contributed by atoms with E-state index in [0.717, 1.165) is 48.4 Å². The van der Waals surface area contributed by atoms with Gasteiger partial charge in [-0.1, -0.05) is 29.8 Å². The second kappa shape index (κ2) is 8.80. The van der Waals surface area contributed by atoms with E-state index in [-0.39, 0.29) is 11.7 Å². The Balaban J connectivity index is 1.59. The average molecular weight is 412 g/mol. The van der Waals surface area contributed by atoms with E-state index >= 15 is 0 Å². The number of carbonyl (C=O) groups is 2. The standard InChI is InChI=1S/C24H30N2O2S/c1-16-10-12-18(13-11-16)23(28)22-19-8-3-4-9-20(19)29-24(22)25-21(27)15-26-14-6-5-7-17(26)2/h10-13,17H,3-9,14-15H2,1-2H3,(H,25,27)/p+1/t17-/m1/s1. The fourth-order valence-electron chi connectivity index (χ4n) is 4.64. The number of anilines is 1. The van der Waals surface area contributed by atoms with Crippen LogP contribution in [0.15, 0.2) is 24.3 Å². The molecular formula is C24H31N2O2S+. The van der Waals surface area contributed by atoms with E-state index in [0.29, 0.717) is 18.2 Å². The second-order valence-corrected chi connectivity index (χ2v) is 9.75. The molecule has 2 N–H and O–H groups in total. The van der Waals surface area contributed by atoms with Crippen molar-refractivity contribution in [2.75, 3.05) is 18.4 Å². The number of likely N-dealkylation sites (tertiary alicyclic amines) is 1. The van der Waals surface area contributed by atoms with Crippen LogP contribution < -0.4 is 10.2 Å². The fourth-order valence-corrected chi connectivity index (χ4v) is 5.94. The van der Waals surface area contributed by atoms with Crippen molar-refractivity contribution >= 4 is 28.0 Å². The van der Waals surface area contributed by atoms with Gasteiger partial charge in [0.15, 0.2) is 12.3 Å². The highest BCUT2D eigenvalue weighted by atomic mass is 32.1. The molecule has 29 heavy (non-hydrogen) atoms. The van der Waals surface area contributed by atoms with Crippen LogP contribution in [0.3, 0.4) is 0 Å². The average Bonchev–Trinajstić information content (AvgIpc) is 3.07. The van der Waals surface area contributed by atoms with Crippen molar-refractivity contribution in [3.63, 3.8) is 0 Å². The zero-order valence-electron chi connectivity index (χ0n) is 17.5. The Morgan fingerprint density at radius 1 is 1.10 bits per heavy atom. The third-order valence-corrected chi connectivity index (χ3v) is 7.64. The molecule has 1 saturated heterocycles. The van der Waals surface area contributed by atoms with Crippen LogP contribution in [0.4, 0.5) is 5.00 Å². The fraction of sp³-hybridized carbons (Fsp3) is 0.500. The molecule has 2 heterocycles. The normalized spacial score (nSPS) is 21.4. The molecule has 1 aromatic heterocycles. The highest BCUT2D eigenvalue weighted by Crippen LogP contribution is 2.39. The summed E-state index contributed by atoms with van der Waals surface area (Å²) in [4.78, 5) is 28.9. The number of amides is 1. The molecule has 0 spiro atoms. The minimum Gasteiger partial charge on any atom is -0.325 e. The molecule has 0 bridgehead atoms. The first-order valence-electron chi connectivity index (χ1n) is 10.9. The van der Waals surface area contributed by atoms with E-state index in [1.807, 2.05) is 31.2 Å². The molecule has 0 radical (unpaired) electrons. The van der Waals surface area contributed by atoms with Gasteiger partial charge in [0.1, 0.15) is 5.00 Å². The Labute approximate surface area is 177 Å². The Bertz CT molecular complexity index is 900. The lowest BCUT2D eigenvalue weighted by atomic mass is 9.91. The summed E-state index contributed by atoms with van der Waals surface area (Å²) in [6.45, 7) is 5.81. The lowest BCUT2D eigenvalue weighted by Crippen LogP contribution is -3.17. The molecule has 1 aliphatic heterocycles. The first-order chi connectivity index (χ1) is 14.0. The highest BCUT2D eigenvalue weighted by Gasteiger charge is 2.29. The van der Waals surface area contributed by atoms with Gasteiger partial charge in [0.05, 0.1) is 18.2 Å². The van der Waals surface area contributed by atoms with Gasteiger partial charge in [-0.15, -0.1) is 11.3 Å². The first-order valence-corrected chi connectivity index (χ1v) is 11.7. The maximum absolute atomic E-state index is 13.4. The summed E-state index contributed by atoms with van der Waals surface area (Å²) in [5.41, 5.74) is 3.75. The number of ketones is 1. The van der Waals surface area contributed by atoms with Crippen molar-refractivity contribution in [2.24, 2.45) is 0 Å². The number of hydrogen-bond acceptors (Lipinski definition) is 3. The van der Waals surface area contributed by atoms with E-state index in [1.54, 1.807) is 11.3 Å². The Morgan fingerprint density at radius 2 is 1.86 bits per heavy atom. The lowest BCUT2D eigenvalue weighted by molar-refractivity contribution is -0.920. The van der Waals surface area contributed by atoms with E-state index in [1.165, 1.54) is 34.6 Å². The molecule has 1 amide bonds. The molecule has 2 aliphatic rings. The van der Waals surface area contributed by atoms with Gasteiger partial charge in [-0.2, -0.15) is 0 Å². The van der Waals surface area contributed by atoms with Crippen LogP contribution >= 0.6 is 11.3 Å². The number of aryl methyl sites for hydroxylation is 2. The number of nitrogens with one attached hydrogen (secondary N) is 2. The maximum atomic E-state index is 13.4. The van der Waals surface area contributed by atoms with Gasteiger partial charge in [0, 0.05) is 10.4 Å². The highest BCUT2D eigenvalue weighted by molar-refractivity contribution is 7.17. The minimum atomic E-state index is 0.0327. The number of benzene rings is 1. The van der Waals surface area contributed by atoms with Gasteiger partial charge in [0.2, 0.25) is 0 Å². The molecule has 2 aromatic rings. The summed E-state index contributed by atoms with van der Waals surface area (Å²) in [6.07, 6.45) is 7.86. The predicted molar refractivity (Wildman–Crippen MR) is 118 cm³/mol. The van der Waals surface area contributed by atoms with Crippen LogP contribution in [0, 0.1) is 6.92 Å². The van der Waals surface area contributed by atoms with E-state index in [2.05, 4.69) is 12.2 Å². The summed E-state index contributed by atoms with van der Waals surface area (Å²) in [7, 11) is 0. The Hall–Kier alpha value is -1.98. The molecular weight excluding hydrogens is 380 g/mol. The van der Waals surface area contributed by atoms with Gasteiger partial charge in [-0.05, 0) is 64.4 Å². The van der Waals surface area contributed by atoms with Crippen molar-refractivity contribution in [2.45, 2.75) is 64.8 Å². The summed E-state index contributed by atoms with van der Waals surface area (Å²) in [5.74, 6) is 0.0729. The van der Waals surface area contributed by atoms with E-state index in [4.69, 9.17) is 0 Å². The largest absolute Gasteiger partial charge is 0.325 e. The van der Waals surface area contributed by atoms with Crippen molar-refractivity contribution < 1.29 is 14.5 Å². The van der Waals surface area contributed by atoms with Crippen LogP contribution in [0.5, 0.6) is 0 Å². The number of rotatable bonds is 5. The van der Waals surface area contributed by atoms with Crippen LogP contribution in [0.25, 0.3) is 0 Å². The SMILES string of the molecule is Cc1ccc(C(=O)c2c(NC(=O)C[NH+]3CCCC[C@H]3C)sc3c2CCCC3)cc1. The number of carbonyl (C=O) groups excluding carboxylic acids is 2. The predicted octanol–water partition coefficient (Wildman–Crippen LogP) is 3.56. The van der Waals surface area contributed by atoms with E-state index in [9.17, 15) is 9.59 Å². The zero-order valence-corrected chi connectivity index (χ0v) is 18.3. The molecule has 1 aliphatic carbocycles. The smallest absolute Gasteiger partial charge is 0.280 e. The van der Waals surface area contributed by atoms with Crippen molar-refractivity contribution in [3.8, 4) is 0 Å². The van der Waals surface area contributed by atoms with Gasteiger partial charge in [-0.25, -0.2) is 0 Å². The molecule has 4 rings (SSSR count). The van der Waals surface area contributed by atoms with Crippen LogP contribution in [0.1, 0.15) is 71.0 Å². The summed E-state index contributed by atoms with van der Waals surface area (Å²) >= 11 is 1.62. The van der Waals surface area contributed by atoms with Gasteiger partial charge in [-0.3, -0.25) is 9.59 Å². The molecule has 5 heteroatoms. The molecule has 4 nitrogen and oxygen atoms in total. The monoisotopic (exact) mass is 411 g/mol. The van der Waals surface area contributed by atoms with Crippen molar-refractivity contribution in [1.29, 1.82) is 0 Å². The molecule has 154 valence electrons. The Morgan fingerprint density at radius 3 is 2.62 bits per heavy atom. The topological polar surface area (TPSA) is 50.6 Å². The zero-order chi connectivity index (χ0) is 20.4. The van der Waals surface area contributed by atoms with Crippen LogP contribution in [-0.4, -0.2) is 30.8 Å². The quantitative estimate of drug-likeness (QED) is 0.739. The summed E-state index contributed by atoms with van der Waals surface area (Å²) in [6, 6.07) is 8.28. The third-order valence-electron chi connectivity index (χ3n) is 6.43. The number of quaternary nitrogens is 1. The van der Waals surface area contributed by atoms with Gasteiger partial charge >= 0.3 is 0 Å².